The van der Waals surface area contributed by atoms with Crippen LogP contribution in [-0.4, -0.2) is 30.2 Å². The number of amides is 1. The Hall–Kier alpha value is -2.40. The Balaban J connectivity index is 1.58. The summed E-state index contributed by atoms with van der Waals surface area (Å²) in [7, 11) is 0. The number of rotatable bonds is 3. The van der Waals surface area contributed by atoms with Gasteiger partial charge in [0.25, 0.3) is 0 Å². The molecule has 2 N–H and O–H groups in total. The third-order valence-electron chi connectivity index (χ3n) is 5.42. The van der Waals surface area contributed by atoms with Crippen LogP contribution >= 0.6 is 0 Å². The topological polar surface area (TPSA) is 55.6 Å². The van der Waals surface area contributed by atoms with Crippen molar-refractivity contribution in [2.45, 2.75) is 31.3 Å². The molecule has 26 heavy (non-hydrogen) atoms. The monoisotopic (exact) mass is 354 g/mol. The lowest BCUT2D eigenvalue weighted by Crippen LogP contribution is -2.43. The summed E-state index contributed by atoms with van der Waals surface area (Å²) in [6.07, 6.45) is 2.31. The van der Waals surface area contributed by atoms with E-state index in [1.165, 1.54) is 17.7 Å². The summed E-state index contributed by atoms with van der Waals surface area (Å²) in [6.45, 7) is 1.00. The number of halogens is 1. The van der Waals surface area contributed by atoms with Gasteiger partial charge in [0.1, 0.15) is 5.82 Å². The first-order valence-electron chi connectivity index (χ1n) is 9.14. The van der Waals surface area contributed by atoms with Crippen LogP contribution in [0.1, 0.15) is 35.6 Å². The highest BCUT2D eigenvalue weighted by atomic mass is 19.1. The highest BCUT2D eigenvalue weighted by Crippen LogP contribution is 2.36. The maximum absolute atomic E-state index is 13.4. The van der Waals surface area contributed by atoms with E-state index in [9.17, 15) is 9.18 Å². The highest BCUT2D eigenvalue weighted by molar-refractivity contribution is 5.70. The van der Waals surface area contributed by atoms with Crippen LogP contribution in [0.5, 0.6) is 0 Å². The van der Waals surface area contributed by atoms with Crippen LogP contribution in [0.25, 0.3) is 0 Å². The Morgan fingerprint density at radius 3 is 2.62 bits per heavy atom. The lowest BCUT2D eigenvalue weighted by Gasteiger charge is -2.38. The Kier molecular flexibility index (Phi) is 4.64. The molecule has 0 saturated heterocycles. The second kappa shape index (κ2) is 7.08. The molecule has 0 bridgehead atoms. The molecular weight excluding hydrogens is 331 g/mol. The molecule has 1 atom stereocenters. The van der Waals surface area contributed by atoms with E-state index in [2.05, 4.69) is 6.07 Å². The normalized spacial score (nSPS) is 24.5. The standard InChI is InChI=1S/C21H23FN2O2/c22-17-7-5-16(6-8-17)20-19-4-2-1-3-15(19)9-10-24(20)21(25)26-13-14-11-18(23)12-14/h1-8,14,18,20H,9-13,23H2/t14-,18+,20-/m0/s1. The van der Waals surface area contributed by atoms with Gasteiger partial charge in [-0.3, -0.25) is 4.90 Å². The predicted molar refractivity (Wildman–Crippen MR) is 97.1 cm³/mol. The zero-order chi connectivity index (χ0) is 18.1. The molecule has 0 radical (unpaired) electrons. The van der Waals surface area contributed by atoms with Gasteiger partial charge in [0.05, 0.1) is 12.6 Å². The molecule has 0 unspecified atom stereocenters. The number of hydrogen-bond donors (Lipinski definition) is 1. The molecule has 136 valence electrons. The van der Waals surface area contributed by atoms with Crippen molar-refractivity contribution in [2.24, 2.45) is 11.7 Å². The third kappa shape index (κ3) is 3.31. The van der Waals surface area contributed by atoms with Crippen LogP contribution in [0.15, 0.2) is 48.5 Å². The second-order valence-corrected chi connectivity index (χ2v) is 7.27. The SMILES string of the molecule is N[C@H]1C[C@@H](COC(=O)N2CCc3ccccc3[C@@H]2c2ccc(F)cc2)C1. The zero-order valence-corrected chi connectivity index (χ0v) is 14.6. The van der Waals surface area contributed by atoms with E-state index < -0.39 is 0 Å². The minimum absolute atomic E-state index is 0.243. The van der Waals surface area contributed by atoms with Crippen LogP contribution in [0.3, 0.4) is 0 Å². The van der Waals surface area contributed by atoms with Crippen molar-refractivity contribution < 1.29 is 13.9 Å². The molecule has 2 aliphatic rings. The van der Waals surface area contributed by atoms with Crippen LogP contribution in [0.2, 0.25) is 0 Å². The van der Waals surface area contributed by atoms with Crippen molar-refractivity contribution in [3.05, 3.63) is 71.0 Å². The maximum atomic E-state index is 13.4. The molecule has 2 aromatic carbocycles. The molecule has 1 aliphatic heterocycles. The summed E-state index contributed by atoms with van der Waals surface area (Å²) in [6, 6.07) is 14.5. The van der Waals surface area contributed by atoms with E-state index in [4.69, 9.17) is 10.5 Å². The van der Waals surface area contributed by atoms with Gasteiger partial charge in [-0.15, -0.1) is 0 Å². The molecular formula is C21H23FN2O2. The largest absolute Gasteiger partial charge is 0.449 e. The molecule has 5 heteroatoms. The molecule has 1 heterocycles. The van der Waals surface area contributed by atoms with Crippen molar-refractivity contribution >= 4 is 6.09 Å². The fourth-order valence-electron chi connectivity index (χ4n) is 3.96. The van der Waals surface area contributed by atoms with Crippen LogP contribution < -0.4 is 5.73 Å². The van der Waals surface area contributed by atoms with E-state index in [-0.39, 0.29) is 24.0 Å². The van der Waals surface area contributed by atoms with E-state index in [1.807, 2.05) is 18.2 Å². The summed E-state index contributed by atoms with van der Waals surface area (Å²) in [5.74, 6) is 0.0867. The number of nitrogens with zero attached hydrogens (tertiary/aromatic N) is 1. The maximum Gasteiger partial charge on any atom is 0.410 e. The zero-order valence-electron chi connectivity index (χ0n) is 14.6. The molecule has 0 spiro atoms. The molecule has 1 amide bonds. The Bertz CT molecular complexity index is 787. The lowest BCUT2D eigenvalue weighted by atomic mass is 9.82. The molecule has 4 rings (SSSR count). The number of ether oxygens (including phenoxy) is 1. The Morgan fingerprint density at radius 1 is 1.15 bits per heavy atom. The first kappa shape index (κ1) is 17.0. The van der Waals surface area contributed by atoms with E-state index in [1.54, 1.807) is 17.0 Å². The number of carbonyl (C=O) groups excluding carboxylic acids is 1. The van der Waals surface area contributed by atoms with Gasteiger partial charge >= 0.3 is 6.09 Å². The Morgan fingerprint density at radius 2 is 1.88 bits per heavy atom. The fraction of sp³-hybridized carbons (Fsp3) is 0.381. The molecule has 1 fully saturated rings. The molecule has 1 aliphatic carbocycles. The van der Waals surface area contributed by atoms with E-state index >= 15 is 0 Å². The van der Waals surface area contributed by atoms with Gasteiger partial charge in [0.15, 0.2) is 0 Å². The van der Waals surface area contributed by atoms with Gasteiger partial charge in [-0.05, 0) is 54.0 Å². The van der Waals surface area contributed by atoms with Gasteiger partial charge in [-0.2, -0.15) is 0 Å². The predicted octanol–water partition coefficient (Wildman–Crippen LogP) is 3.65. The summed E-state index contributed by atoms with van der Waals surface area (Å²) in [5.41, 5.74) is 8.99. The molecule has 1 saturated carbocycles. The quantitative estimate of drug-likeness (QED) is 0.915. The second-order valence-electron chi connectivity index (χ2n) is 7.27. The van der Waals surface area contributed by atoms with Crippen molar-refractivity contribution in [3.63, 3.8) is 0 Å². The number of hydrogen-bond acceptors (Lipinski definition) is 3. The van der Waals surface area contributed by atoms with E-state index in [0.29, 0.717) is 19.1 Å². The average Bonchev–Trinajstić information content (AvgIpc) is 2.64. The van der Waals surface area contributed by atoms with Crippen LogP contribution in [-0.2, 0) is 11.2 Å². The minimum atomic E-state index is -0.311. The smallest absolute Gasteiger partial charge is 0.410 e. The van der Waals surface area contributed by atoms with Crippen molar-refractivity contribution in [1.82, 2.24) is 4.90 Å². The van der Waals surface area contributed by atoms with Crippen LogP contribution in [0, 0.1) is 11.7 Å². The van der Waals surface area contributed by atoms with Crippen molar-refractivity contribution in [2.75, 3.05) is 13.2 Å². The number of fused-ring (bicyclic) bond motifs is 1. The summed E-state index contributed by atoms with van der Waals surface area (Å²) < 4.78 is 19.0. The minimum Gasteiger partial charge on any atom is -0.449 e. The molecule has 2 aromatic rings. The lowest BCUT2D eigenvalue weighted by molar-refractivity contribution is 0.0578. The molecule has 4 nitrogen and oxygen atoms in total. The summed E-state index contributed by atoms with van der Waals surface area (Å²) in [4.78, 5) is 14.5. The number of benzene rings is 2. The average molecular weight is 354 g/mol. The van der Waals surface area contributed by atoms with Gasteiger partial charge in [0, 0.05) is 12.6 Å². The number of nitrogens with two attached hydrogens (primary N) is 1. The van der Waals surface area contributed by atoms with Gasteiger partial charge in [0.2, 0.25) is 0 Å². The van der Waals surface area contributed by atoms with Gasteiger partial charge < -0.3 is 10.5 Å². The summed E-state index contributed by atoms with van der Waals surface area (Å²) >= 11 is 0. The molecule has 0 aromatic heterocycles. The highest BCUT2D eigenvalue weighted by Gasteiger charge is 2.34. The van der Waals surface area contributed by atoms with Crippen molar-refractivity contribution in [1.29, 1.82) is 0 Å². The van der Waals surface area contributed by atoms with Gasteiger partial charge in [-0.25, -0.2) is 9.18 Å². The van der Waals surface area contributed by atoms with E-state index in [0.717, 1.165) is 30.4 Å². The number of carbonyl (C=O) groups is 1. The third-order valence-corrected chi connectivity index (χ3v) is 5.42. The van der Waals surface area contributed by atoms with Crippen LogP contribution in [0.4, 0.5) is 9.18 Å². The first-order valence-corrected chi connectivity index (χ1v) is 9.14. The summed E-state index contributed by atoms with van der Waals surface area (Å²) in [5, 5.41) is 0. The van der Waals surface area contributed by atoms with Gasteiger partial charge in [-0.1, -0.05) is 36.4 Å². The Labute approximate surface area is 152 Å². The fourth-order valence-corrected chi connectivity index (χ4v) is 3.96. The first-order chi connectivity index (χ1) is 12.6. The van der Waals surface area contributed by atoms with Crippen molar-refractivity contribution in [3.8, 4) is 0 Å².